The predicted molar refractivity (Wildman–Crippen MR) is 49.2 cm³/mol. The maximum atomic E-state index is 3.35. The molecule has 12 heavy (non-hydrogen) atoms. The van der Waals surface area contributed by atoms with Gasteiger partial charge in [0.1, 0.15) is 0 Å². The van der Waals surface area contributed by atoms with Gasteiger partial charge in [-0.15, -0.1) is 0 Å². The van der Waals surface area contributed by atoms with Gasteiger partial charge >= 0.3 is 0 Å². The van der Waals surface area contributed by atoms with Gasteiger partial charge in [-0.2, -0.15) is 0 Å². The second-order valence-corrected chi connectivity index (χ2v) is 3.23. The van der Waals surface area contributed by atoms with Gasteiger partial charge in [-0.1, -0.05) is 18.2 Å². The van der Waals surface area contributed by atoms with Crippen LogP contribution in [-0.2, 0) is 0 Å². The van der Waals surface area contributed by atoms with Crippen LogP contribution in [0, 0.1) is 12.5 Å². The van der Waals surface area contributed by atoms with Crippen LogP contribution in [0.4, 0.5) is 0 Å². The van der Waals surface area contributed by atoms with Crippen LogP contribution in [0.25, 0.3) is 0 Å². The van der Waals surface area contributed by atoms with E-state index in [-0.39, 0.29) is 0 Å². The first-order chi connectivity index (χ1) is 5.97. The van der Waals surface area contributed by atoms with Crippen LogP contribution in [0.1, 0.15) is 12.8 Å². The molecule has 0 bridgehead atoms. The molecule has 2 unspecified atom stereocenters. The first-order valence-electron chi connectivity index (χ1n) is 4.53. The van der Waals surface area contributed by atoms with E-state index < -0.39 is 0 Å². The molecule has 0 aromatic heterocycles. The van der Waals surface area contributed by atoms with E-state index in [1.54, 1.807) is 0 Å². The fraction of sp³-hybridized carbons (Fsp3) is 0.500. The summed E-state index contributed by atoms with van der Waals surface area (Å²) in [5, 5.41) is 6.49. The lowest BCUT2D eigenvalue weighted by Gasteiger charge is -2.28. The molecule has 0 spiro atoms. The second kappa shape index (κ2) is 3.76. The number of rotatable bonds is 1. The summed E-state index contributed by atoms with van der Waals surface area (Å²) in [4.78, 5) is 0. The van der Waals surface area contributed by atoms with Gasteiger partial charge in [-0.3, -0.25) is 0 Å². The van der Waals surface area contributed by atoms with Crippen molar-refractivity contribution in [3.63, 3.8) is 0 Å². The molecule has 2 aliphatic rings. The van der Waals surface area contributed by atoms with E-state index >= 15 is 0 Å². The Balaban J connectivity index is 1.94. The van der Waals surface area contributed by atoms with Crippen molar-refractivity contribution in [2.75, 3.05) is 6.54 Å². The number of hydrogen-bond acceptors (Lipinski definition) is 2. The lowest BCUT2D eigenvalue weighted by Crippen LogP contribution is -2.38. The molecule has 2 heterocycles. The number of hydrogen-bond donors (Lipinski definition) is 2. The van der Waals surface area contributed by atoms with Gasteiger partial charge in [-0.25, -0.2) is 0 Å². The van der Waals surface area contributed by atoms with Gasteiger partial charge in [0.25, 0.3) is 0 Å². The van der Waals surface area contributed by atoms with Crippen LogP contribution in [0.2, 0.25) is 0 Å². The molecule has 0 saturated carbocycles. The molecule has 2 heteroatoms. The van der Waals surface area contributed by atoms with E-state index in [4.69, 9.17) is 0 Å². The van der Waals surface area contributed by atoms with E-state index in [1.807, 2.05) is 0 Å². The third-order valence-electron chi connectivity index (χ3n) is 2.34. The highest BCUT2D eigenvalue weighted by atomic mass is 14.9. The van der Waals surface area contributed by atoms with E-state index in [2.05, 4.69) is 41.6 Å². The summed E-state index contributed by atoms with van der Waals surface area (Å²) in [5.74, 6) is 0.434. The maximum absolute atomic E-state index is 3.35. The van der Waals surface area contributed by atoms with Crippen molar-refractivity contribution in [3.8, 4) is 0 Å². The first kappa shape index (κ1) is 7.87. The van der Waals surface area contributed by atoms with E-state index in [1.165, 1.54) is 12.8 Å². The zero-order valence-corrected chi connectivity index (χ0v) is 7.09. The van der Waals surface area contributed by atoms with Crippen molar-refractivity contribution in [1.29, 1.82) is 0 Å². The van der Waals surface area contributed by atoms with Crippen LogP contribution >= 0.6 is 0 Å². The van der Waals surface area contributed by atoms with Gasteiger partial charge < -0.3 is 10.6 Å². The van der Waals surface area contributed by atoms with Gasteiger partial charge in [0.15, 0.2) is 0 Å². The largest absolute Gasteiger partial charge is 0.388 e. The monoisotopic (exact) mass is 162 g/mol. The highest BCUT2D eigenvalue weighted by molar-refractivity contribution is 5.08. The highest BCUT2D eigenvalue weighted by Gasteiger charge is 2.20. The van der Waals surface area contributed by atoms with Crippen molar-refractivity contribution >= 4 is 0 Å². The van der Waals surface area contributed by atoms with Crippen molar-refractivity contribution in [1.82, 2.24) is 10.6 Å². The van der Waals surface area contributed by atoms with Gasteiger partial charge in [-0.05, 0) is 19.0 Å². The topological polar surface area (TPSA) is 24.1 Å². The molecule has 0 fully saturated rings. The van der Waals surface area contributed by atoms with Crippen molar-refractivity contribution in [2.45, 2.75) is 18.9 Å². The molecule has 2 nitrogen and oxygen atoms in total. The number of nitrogens with one attached hydrogen (secondary N) is 2. The Morgan fingerprint density at radius 3 is 3.00 bits per heavy atom. The van der Waals surface area contributed by atoms with Gasteiger partial charge in [0, 0.05) is 18.5 Å². The predicted octanol–water partition coefficient (Wildman–Crippen LogP) is 1.07. The minimum Gasteiger partial charge on any atom is -0.388 e. The lowest BCUT2D eigenvalue weighted by atomic mass is 9.92. The molecule has 0 aliphatic carbocycles. The normalized spacial score (nSPS) is 34.7. The molecular formula is C10H14N2. The van der Waals surface area contributed by atoms with Gasteiger partial charge in [0.2, 0.25) is 0 Å². The molecule has 0 saturated heterocycles. The van der Waals surface area contributed by atoms with E-state index in [0.717, 1.165) is 6.54 Å². The molecule has 2 radical (unpaired) electrons. The smallest absolute Gasteiger partial charge is 0.0685 e. The summed E-state index contributed by atoms with van der Waals surface area (Å²) in [6.07, 6.45) is 11.0. The van der Waals surface area contributed by atoms with Crippen LogP contribution in [0.3, 0.4) is 0 Å². The summed E-state index contributed by atoms with van der Waals surface area (Å²) in [6, 6.07) is 0.541. The van der Waals surface area contributed by atoms with Crippen molar-refractivity contribution in [2.24, 2.45) is 5.92 Å². The Morgan fingerprint density at radius 1 is 1.33 bits per heavy atom. The lowest BCUT2D eigenvalue weighted by molar-refractivity contribution is 0.427. The Bertz CT molecular complexity index is 196. The van der Waals surface area contributed by atoms with Crippen LogP contribution < -0.4 is 10.6 Å². The quantitative estimate of drug-likeness (QED) is 0.563. The van der Waals surface area contributed by atoms with Gasteiger partial charge in [0.05, 0.1) is 6.54 Å². The molecular weight excluding hydrogens is 148 g/mol. The van der Waals surface area contributed by atoms with E-state index in [9.17, 15) is 0 Å². The summed E-state index contributed by atoms with van der Waals surface area (Å²) in [7, 11) is 0. The molecule has 64 valence electrons. The summed E-state index contributed by atoms with van der Waals surface area (Å²) >= 11 is 0. The Labute approximate surface area is 73.7 Å². The molecule has 2 atom stereocenters. The molecule has 2 N–H and O–H groups in total. The SMILES string of the molecule is [C]1NCC=CC1C1CCC=CN1. The fourth-order valence-corrected chi connectivity index (χ4v) is 1.65. The van der Waals surface area contributed by atoms with Crippen molar-refractivity contribution < 1.29 is 0 Å². The highest BCUT2D eigenvalue weighted by Crippen LogP contribution is 2.18. The van der Waals surface area contributed by atoms with Crippen molar-refractivity contribution in [3.05, 3.63) is 31.0 Å². The Morgan fingerprint density at radius 2 is 2.33 bits per heavy atom. The molecule has 0 amide bonds. The Kier molecular flexibility index (Phi) is 2.47. The minimum atomic E-state index is 0.434. The third kappa shape index (κ3) is 1.69. The average molecular weight is 162 g/mol. The summed E-state index contributed by atoms with van der Waals surface area (Å²) in [5.41, 5.74) is 0. The molecule has 2 rings (SSSR count). The average Bonchev–Trinajstić information content (AvgIpc) is 2.21. The second-order valence-electron chi connectivity index (χ2n) is 3.23. The van der Waals surface area contributed by atoms with E-state index in [0.29, 0.717) is 12.0 Å². The first-order valence-corrected chi connectivity index (χ1v) is 4.53. The Hall–Kier alpha value is -0.760. The number of allylic oxidation sites excluding steroid dienone is 1. The van der Waals surface area contributed by atoms with Crippen LogP contribution in [0.5, 0.6) is 0 Å². The third-order valence-corrected chi connectivity index (χ3v) is 2.34. The zero-order chi connectivity index (χ0) is 8.23. The van der Waals surface area contributed by atoms with Crippen LogP contribution in [0.15, 0.2) is 24.4 Å². The van der Waals surface area contributed by atoms with Crippen LogP contribution in [-0.4, -0.2) is 12.6 Å². The molecule has 0 aromatic rings. The molecule has 2 aliphatic heterocycles. The summed E-state index contributed by atoms with van der Waals surface area (Å²) < 4.78 is 0. The maximum Gasteiger partial charge on any atom is 0.0685 e. The summed E-state index contributed by atoms with van der Waals surface area (Å²) in [6.45, 7) is 4.19. The minimum absolute atomic E-state index is 0.434. The molecule has 0 aromatic carbocycles. The zero-order valence-electron chi connectivity index (χ0n) is 7.09. The fourth-order valence-electron chi connectivity index (χ4n) is 1.65. The standard InChI is InChI=1S/C10H14N2/c1-2-7-12-10(5-1)9-4-3-6-11-8-9/h2-4,7,9-12H,1,5-6H2.